The Morgan fingerprint density at radius 1 is 1.62 bits per heavy atom. The highest BCUT2D eigenvalue weighted by Crippen LogP contribution is 1.79. The van der Waals surface area contributed by atoms with Crippen molar-refractivity contribution in [2.24, 2.45) is 0 Å². The van der Waals surface area contributed by atoms with Crippen LogP contribution in [-0.2, 0) is 10.8 Å². The molecule has 0 aliphatic heterocycles. The molecule has 1 atom stereocenters. The van der Waals surface area contributed by atoms with Crippen LogP contribution in [0.1, 0.15) is 6.42 Å². The molecule has 0 heterocycles. The summed E-state index contributed by atoms with van der Waals surface area (Å²) in [6, 6.07) is 0. The maximum absolute atomic E-state index is 10.4. The van der Waals surface area contributed by atoms with Gasteiger partial charge >= 0.3 is 0 Å². The lowest BCUT2D eigenvalue weighted by atomic mass is 10.5. The van der Waals surface area contributed by atoms with Crippen LogP contribution in [0.25, 0.3) is 0 Å². The largest absolute Gasteiger partial charge is 0.320 e. The fourth-order valence-electron chi connectivity index (χ4n) is 0.452. The van der Waals surface area contributed by atoms with Crippen LogP contribution in [0.2, 0.25) is 0 Å². The molecule has 3 heteroatoms. The van der Waals surface area contributed by atoms with Gasteiger partial charge in [0.2, 0.25) is 0 Å². The van der Waals surface area contributed by atoms with E-state index < -0.39 is 10.8 Å². The van der Waals surface area contributed by atoms with Gasteiger partial charge in [0.05, 0.1) is 0 Å². The molecule has 0 saturated carbocycles. The van der Waals surface area contributed by atoms with Crippen molar-refractivity contribution >= 4 is 10.8 Å². The molecule has 0 aromatic heterocycles. The molecule has 0 radical (unpaired) electrons. The summed E-state index contributed by atoms with van der Waals surface area (Å²) in [5.41, 5.74) is 0. The average molecular weight is 135 g/mol. The van der Waals surface area contributed by atoms with E-state index in [0.29, 0.717) is 0 Å². The molecule has 0 amide bonds. The summed E-state index contributed by atoms with van der Waals surface area (Å²) in [6.07, 6.45) is 2.75. The first-order chi connectivity index (χ1) is 3.77. The third kappa shape index (κ3) is 6.11. The molecule has 1 N–H and O–H groups in total. The van der Waals surface area contributed by atoms with Gasteiger partial charge in [-0.15, -0.1) is 0 Å². The predicted molar refractivity (Wildman–Crippen MR) is 37.5 cm³/mol. The third-order valence-electron chi connectivity index (χ3n) is 0.859. The molecule has 8 heavy (non-hydrogen) atoms. The van der Waals surface area contributed by atoms with Gasteiger partial charge in [0, 0.05) is 22.8 Å². The van der Waals surface area contributed by atoms with E-state index in [1.807, 2.05) is 7.05 Å². The van der Waals surface area contributed by atoms with E-state index in [1.54, 1.807) is 6.26 Å². The van der Waals surface area contributed by atoms with E-state index in [9.17, 15) is 4.21 Å². The second-order valence-electron chi connectivity index (χ2n) is 1.73. The Balaban J connectivity index is 2.82. The summed E-state index contributed by atoms with van der Waals surface area (Å²) in [6.45, 7) is 0.972. The van der Waals surface area contributed by atoms with Crippen LogP contribution in [0.4, 0.5) is 0 Å². The number of nitrogens with one attached hydrogen (secondary N) is 1. The summed E-state index contributed by atoms with van der Waals surface area (Å²) >= 11 is 0. The number of hydrogen-bond donors (Lipinski definition) is 1. The van der Waals surface area contributed by atoms with Crippen molar-refractivity contribution in [1.29, 1.82) is 0 Å². The summed E-state index contributed by atoms with van der Waals surface area (Å²) in [5.74, 6) is 0.820. The highest BCUT2D eigenvalue weighted by molar-refractivity contribution is 7.84. The van der Waals surface area contributed by atoms with Crippen molar-refractivity contribution in [2.75, 3.05) is 25.6 Å². The van der Waals surface area contributed by atoms with Gasteiger partial charge in [0.25, 0.3) is 0 Å². The van der Waals surface area contributed by atoms with E-state index in [-0.39, 0.29) is 0 Å². The number of rotatable bonds is 4. The Bertz CT molecular complexity index is 74.8. The van der Waals surface area contributed by atoms with E-state index in [0.717, 1.165) is 18.7 Å². The molecule has 0 bridgehead atoms. The van der Waals surface area contributed by atoms with Crippen LogP contribution >= 0.6 is 0 Å². The van der Waals surface area contributed by atoms with Crippen molar-refractivity contribution in [3.8, 4) is 0 Å². The van der Waals surface area contributed by atoms with Crippen molar-refractivity contribution < 1.29 is 4.21 Å². The van der Waals surface area contributed by atoms with E-state index in [4.69, 9.17) is 0 Å². The zero-order chi connectivity index (χ0) is 6.41. The molecule has 0 fully saturated rings. The Morgan fingerprint density at radius 2 is 2.25 bits per heavy atom. The minimum absolute atomic E-state index is 0.607. The molecule has 0 spiro atoms. The Kier molecular flexibility index (Phi) is 5.32. The first kappa shape index (κ1) is 8.11. The first-order valence-corrected chi connectivity index (χ1v) is 4.44. The molecule has 0 aliphatic rings. The number of hydrogen-bond acceptors (Lipinski definition) is 2. The smallest absolute Gasteiger partial charge is 0.0244 e. The van der Waals surface area contributed by atoms with Crippen molar-refractivity contribution in [3.05, 3.63) is 0 Å². The van der Waals surface area contributed by atoms with E-state index in [1.165, 1.54) is 0 Å². The zero-order valence-corrected chi connectivity index (χ0v) is 6.25. The summed E-state index contributed by atoms with van der Waals surface area (Å²) in [7, 11) is 1.29. The van der Waals surface area contributed by atoms with Gasteiger partial charge in [0.1, 0.15) is 0 Å². The molecular weight excluding hydrogens is 122 g/mol. The van der Waals surface area contributed by atoms with Gasteiger partial charge in [-0.2, -0.15) is 0 Å². The molecule has 0 saturated heterocycles. The van der Waals surface area contributed by atoms with Crippen molar-refractivity contribution in [2.45, 2.75) is 6.42 Å². The van der Waals surface area contributed by atoms with Gasteiger partial charge in [-0.05, 0) is 20.0 Å². The molecule has 2 nitrogen and oxygen atoms in total. The second-order valence-corrected chi connectivity index (χ2v) is 3.29. The highest BCUT2D eigenvalue weighted by atomic mass is 32.2. The molecule has 0 aliphatic carbocycles. The van der Waals surface area contributed by atoms with Crippen molar-refractivity contribution in [1.82, 2.24) is 5.32 Å². The van der Waals surface area contributed by atoms with Crippen LogP contribution in [0.5, 0.6) is 0 Å². The normalized spacial score (nSPS) is 13.8. The monoisotopic (exact) mass is 135 g/mol. The van der Waals surface area contributed by atoms with Gasteiger partial charge < -0.3 is 5.32 Å². The predicted octanol–water partition coefficient (Wildman–Crippen LogP) is -0.0256. The van der Waals surface area contributed by atoms with Crippen molar-refractivity contribution in [3.63, 3.8) is 0 Å². The van der Waals surface area contributed by atoms with Gasteiger partial charge in [-0.3, -0.25) is 4.21 Å². The maximum atomic E-state index is 10.4. The molecule has 1 unspecified atom stereocenters. The van der Waals surface area contributed by atoms with Gasteiger partial charge in [-0.25, -0.2) is 0 Å². The lowest BCUT2D eigenvalue weighted by Crippen LogP contribution is -2.10. The topological polar surface area (TPSA) is 29.1 Å². The van der Waals surface area contributed by atoms with E-state index >= 15 is 0 Å². The van der Waals surface area contributed by atoms with Crippen LogP contribution in [0.3, 0.4) is 0 Å². The van der Waals surface area contributed by atoms with Gasteiger partial charge in [0.15, 0.2) is 0 Å². The lowest BCUT2D eigenvalue weighted by molar-refractivity contribution is 0.681. The van der Waals surface area contributed by atoms with E-state index in [2.05, 4.69) is 5.32 Å². The Morgan fingerprint density at radius 3 is 2.62 bits per heavy atom. The average Bonchev–Trinajstić information content (AvgIpc) is 1.66. The molecule has 0 aromatic rings. The minimum atomic E-state index is -0.607. The SMILES string of the molecule is CNCCCS(C)=O. The zero-order valence-electron chi connectivity index (χ0n) is 5.44. The lowest BCUT2D eigenvalue weighted by Gasteiger charge is -1.93. The Hall–Kier alpha value is 0.110. The Labute approximate surface area is 53.1 Å². The molecule has 0 rings (SSSR count). The second kappa shape index (κ2) is 5.25. The standard InChI is InChI=1S/C5H13NOS/c1-6-4-3-5-8(2)7/h6H,3-5H2,1-2H3. The van der Waals surface area contributed by atoms with Gasteiger partial charge in [-0.1, -0.05) is 0 Å². The fraction of sp³-hybridized carbons (Fsp3) is 1.00. The quantitative estimate of drug-likeness (QED) is 0.549. The van der Waals surface area contributed by atoms with Crippen LogP contribution < -0.4 is 5.32 Å². The van der Waals surface area contributed by atoms with Crippen LogP contribution in [-0.4, -0.2) is 29.8 Å². The first-order valence-electron chi connectivity index (χ1n) is 2.72. The minimum Gasteiger partial charge on any atom is -0.320 e. The fourth-order valence-corrected chi connectivity index (χ4v) is 1.00. The third-order valence-corrected chi connectivity index (χ3v) is 1.72. The van der Waals surface area contributed by atoms with Crippen LogP contribution in [0, 0.1) is 0 Å². The summed E-state index contributed by atoms with van der Waals surface area (Å²) < 4.78 is 10.4. The maximum Gasteiger partial charge on any atom is 0.0244 e. The molecular formula is C5H13NOS. The molecule has 50 valence electrons. The highest BCUT2D eigenvalue weighted by Gasteiger charge is 1.87. The molecule has 0 aromatic carbocycles. The summed E-state index contributed by atoms with van der Waals surface area (Å²) in [4.78, 5) is 0. The van der Waals surface area contributed by atoms with Crippen LogP contribution in [0.15, 0.2) is 0 Å². The summed E-state index contributed by atoms with van der Waals surface area (Å²) in [5, 5.41) is 2.99.